The summed E-state index contributed by atoms with van der Waals surface area (Å²) in [6.45, 7) is 11.5. The van der Waals surface area contributed by atoms with Gasteiger partial charge in [0, 0.05) is 18.7 Å². The van der Waals surface area contributed by atoms with Gasteiger partial charge in [0.2, 0.25) is 0 Å². The van der Waals surface area contributed by atoms with Crippen molar-refractivity contribution in [3.63, 3.8) is 0 Å². The number of hydrogen-bond donors (Lipinski definition) is 0. The van der Waals surface area contributed by atoms with Crippen molar-refractivity contribution in [1.29, 1.82) is 0 Å². The average Bonchev–Trinajstić information content (AvgIpc) is 2.71. The summed E-state index contributed by atoms with van der Waals surface area (Å²) in [7, 11) is 0. The Bertz CT molecular complexity index is 789. The highest BCUT2D eigenvalue weighted by Gasteiger charge is 2.20. The topological polar surface area (TPSA) is 59.8 Å². The summed E-state index contributed by atoms with van der Waals surface area (Å²) in [6.07, 6.45) is 5.21. The molecule has 0 amide bonds. The van der Waals surface area contributed by atoms with Crippen molar-refractivity contribution in [3.05, 3.63) is 46.6 Å². The molecule has 0 saturated carbocycles. The summed E-state index contributed by atoms with van der Waals surface area (Å²) >= 11 is 0. The van der Waals surface area contributed by atoms with E-state index in [4.69, 9.17) is 9.57 Å². The van der Waals surface area contributed by atoms with Crippen LogP contribution in [0.25, 0.3) is 0 Å². The largest absolute Gasteiger partial charge is 0.494 e. The Kier molecular flexibility index (Phi) is 7.44. The van der Waals surface area contributed by atoms with Gasteiger partial charge in [-0.15, -0.1) is 5.10 Å². The van der Waals surface area contributed by atoms with E-state index in [-0.39, 0.29) is 0 Å². The zero-order valence-electron chi connectivity index (χ0n) is 18.0. The number of hydrogen-bond acceptors (Lipinski definition) is 6. The van der Waals surface area contributed by atoms with Crippen LogP contribution in [0.15, 0.2) is 29.4 Å². The molecule has 0 atom stereocenters. The molecule has 0 unspecified atom stereocenters. The van der Waals surface area contributed by atoms with Gasteiger partial charge in [-0.25, -0.2) is 0 Å². The molecule has 2 heterocycles. The van der Waals surface area contributed by atoms with E-state index < -0.39 is 0 Å². The fraction of sp³-hybridized carbons (Fsp3) is 0.522. The lowest BCUT2D eigenvalue weighted by Crippen LogP contribution is -2.34. The van der Waals surface area contributed by atoms with Crippen LogP contribution in [0, 0.1) is 26.7 Å². The van der Waals surface area contributed by atoms with Gasteiger partial charge in [-0.05, 0) is 88.3 Å². The number of aromatic nitrogens is 2. The normalized spacial score (nSPS) is 15.1. The SMILES string of the molecule is CCON=Cc1c(C)cc(OCCC2CCN(c3ccc(C)nn3)CC2)cc1C. The van der Waals surface area contributed by atoms with Gasteiger partial charge in [0.15, 0.2) is 5.82 Å². The number of ether oxygens (including phenoxy) is 1. The molecule has 2 aromatic rings. The van der Waals surface area contributed by atoms with Gasteiger partial charge in [0.1, 0.15) is 12.4 Å². The molecule has 1 fully saturated rings. The van der Waals surface area contributed by atoms with Crippen LogP contribution < -0.4 is 9.64 Å². The molecular formula is C23H32N4O2. The first-order valence-corrected chi connectivity index (χ1v) is 10.5. The molecule has 156 valence electrons. The van der Waals surface area contributed by atoms with Crippen LogP contribution >= 0.6 is 0 Å². The predicted octanol–water partition coefficient (Wildman–Crippen LogP) is 4.46. The van der Waals surface area contributed by atoms with E-state index in [2.05, 4.69) is 52.3 Å². The predicted molar refractivity (Wildman–Crippen MR) is 117 cm³/mol. The summed E-state index contributed by atoms with van der Waals surface area (Å²) in [5.74, 6) is 2.62. The Morgan fingerprint density at radius 1 is 1.10 bits per heavy atom. The number of nitrogens with zero attached hydrogens (tertiary/aromatic N) is 4. The van der Waals surface area contributed by atoms with E-state index in [1.807, 2.05) is 19.9 Å². The second-order valence-corrected chi connectivity index (χ2v) is 7.72. The maximum Gasteiger partial charge on any atom is 0.151 e. The van der Waals surface area contributed by atoms with Crippen LogP contribution in [0.2, 0.25) is 0 Å². The lowest BCUT2D eigenvalue weighted by Gasteiger charge is -2.32. The molecule has 1 aromatic heterocycles. The molecule has 0 radical (unpaired) electrons. The van der Waals surface area contributed by atoms with Gasteiger partial charge in [-0.3, -0.25) is 0 Å². The third-order valence-electron chi connectivity index (χ3n) is 5.47. The van der Waals surface area contributed by atoms with E-state index in [1.165, 1.54) is 12.8 Å². The van der Waals surface area contributed by atoms with Crippen molar-refractivity contribution in [3.8, 4) is 5.75 Å². The molecule has 6 nitrogen and oxygen atoms in total. The molecule has 0 spiro atoms. The van der Waals surface area contributed by atoms with Crippen LogP contribution in [0.3, 0.4) is 0 Å². The van der Waals surface area contributed by atoms with E-state index in [1.54, 1.807) is 6.21 Å². The van der Waals surface area contributed by atoms with Gasteiger partial charge in [0.05, 0.1) is 18.5 Å². The molecule has 0 N–H and O–H groups in total. The second kappa shape index (κ2) is 10.2. The highest BCUT2D eigenvalue weighted by Crippen LogP contribution is 2.25. The highest BCUT2D eigenvalue weighted by molar-refractivity contribution is 5.83. The zero-order chi connectivity index (χ0) is 20.6. The smallest absolute Gasteiger partial charge is 0.151 e. The molecule has 1 aliphatic rings. The van der Waals surface area contributed by atoms with Gasteiger partial charge in [-0.2, -0.15) is 5.10 Å². The number of piperidine rings is 1. The Labute approximate surface area is 173 Å². The minimum atomic E-state index is 0.577. The van der Waals surface area contributed by atoms with Crippen molar-refractivity contribution >= 4 is 12.0 Å². The standard InChI is InChI=1S/C23H32N4O2/c1-5-29-24-16-22-17(2)14-21(15-18(22)3)28-13-10-20-8-11-27(12-9-20)23-7-6-19(4)25-26-23/h6-7,14-16,20H,5,8-13H2,1-4H3. The summed E-state index contributed by atoms with van der Waals surface area (Å²) < 4.78 is 6.06. The average molecular weight is 397 g/mol. The number of aryl methyl sites for hydroxylation is 3. The molecule has 3 rings (SSSR count). The summed E-state index contributed by atoms with van der Waals surface area (Å²) in [5.41, 5.74) is 4.35. The third-order valence-corrected chi connectivity index (χ3v) is 5.47. The van der Waals surface area contributed by atoms with Gasteiger partial charge in [-0.1, -0.05) is 5.16 Å². The molecule has 1 aromatic carbocycles. The maximum atomic E-state index is 6.06. The van der Waals surface area contributed by atoms with Crippen molar-refractivity contribution in [2.24, 2.45) is 11.1 Å². The van der Waals surface area contributed by atoms with Crippen molar-refractivity contribution < 1.29 is 9.57 Å². The molecule has 1 saturated heterocycles. The van der Waals surface area contributed by atoms with Crippen molar-refractivity contribution in [1.82, 2.24) is 10.2 Å². The van der Waals surface area contributed by atoms with Gasteiger partial charge < -0.3 is 14.5 Å². The summed E-state index contributed by atoms with van der Waals surface area (Å²) in [6, 6.07) is 8.26. The van der Waals surface area contributed by atoms with Crippen LogP contribution in [0.4, 0.5) is 5.82 Å². The number of oxime groups is 1. The first-order valence-electron chi connectivity index (χ1n) is 10.5. The molecule has 6 heteroatoms. The Balaban J connectivity index is 1.45. The maximum absolute atomic E-state index is 6.06. The number of benzene rings is 1. The van der Waals surface area contributed by atoms with Gasteiger partial charge >= 0.3 is 0 Å². The zero-order valence-corrected chi connectivity index (χ0v) is 18.0. The second-order valence-electron chi connectivity index (χ2n) is 7.72. The molecule has 29 heavy (non-hydrogen) atoms. The molecule has 0 aliphatic carbocycles. The van der Waals surface area contributed by atoms with Crippen molar-refractivity contribution in [2.75, 3.05) is 31.2 Å². The Morgan fingerprint density at radius 3 is 2.45 bits per heavy atom. The Morgan fingerprint density at radius 2 is 1.83 bits per heavy atom. The monoisotopic (exact) mass is 396 g/mol. The van der Waals surface area contributed by atoms with E-state index in [0.29, 0.717) is 12.5 Å². The lowest BCUT2D eigenvalue weighted by molar-refractivity contribution is 0.160. The van der Waals surface area contributed by atoms with Crippen LogP contribution in [0.1, 0.15) is 48.6 Å². The number of rotatable bonds is 8. The lowest BCUT2D eigenvalue weighted by atomic mass is 9.94. The van der Waals surface area contributed by atoms with Crippen LogP contribution in [-0.4, -0.2) is 42.7 Å². The minimum absolute atomic E-state index is 0.577. The van der Waals surface area contributed by atoms with E-state index in [0.717, 1.165) is 60.1 Å². The third kappa shape index (κ3) is 5.92. The quantitative estimate of drug-likeness (QED) is 0.487. The molecular weight excluding hydrogens is 364 g/mol. The first kappa shape index (κ1) is 21.1. The molecule has 1 aliphatic heterocycles. The van der Waals surface area contributed by atoms with Crippen LogP contribution in [0.5, 0.6) is 5.75 Å². The minimum Gasteiger partial charge on any atom is -0.494 e. The van der Waals surface area contributed by atoms with Gasteiger partial charge in [0.25, 0.3) is 0 Å². The highest BCUT2D eigenvalue weighted by atomic mass is 16.6. The first-order chi connectivity index (χ1) is 14.1. The van der Waals surface area contributed by atoms with Crippen molar-refractivity contribution in [2.45, 2.75) is 47.0 Å². The fourth-order valence-corrected chi connectivity index (χ4v) is 3.74. The Hall–Kier alpha value is -2.63. The summed E-state index contributed by atoms with van der Waals surface area (Å²) in [4.78, 5) is 7.41. The van der Waals surface area contributed by atoms with E-state index >= 15 is 0 Å². The fourth-order valence-electron chi connectivity index (χ4n) is 3.74. The summed E-state index contributed by atoms with van der Waals surface area (Å²) in [5, 5.41) is 12.5. The van der Waals surface area contributed by atoms with E-state index in [9.17, 15) is 0 Å². The molecule has 0 bridgehead atoms. The van der Waals surface area contributed by atoms with Crippen LogP contribution in [-0.2, 0) is 4.84 Å². The number of anilines is 1.